The Kier molecular flexibility index (Phi) is 8.38. The van der Waals surface area contributed by atoms with Crippen LogP contribution >= 0.6 is 0 Å². The molecule has 0 spiro atoms. The van der Waals surface area contributed by atoms with Gasteiger partial charge in [0.1, 0.15) is 5.75 Å². The maximum Gasteiger partial charge on any atom is 0.449 e. The molecule has 1 aromatic carbocycles. The predicted octanol–water partition coefficient (Wildman–Crippen LogP) is 4.25. The monoisotopic (exact) mass is 314 g/mol. The fourth-order valence-electron chi connectivity index (χ4n) is 2.17. The van der Waals surface area contributed by atoms with E-state index in [1.807, 2.05) is 12.1 Å². The molecule has 0 atom stereocenters. The number of unbranched alkanes of at least 4 members (excludes halogenated alkanes) is 5. The summed E-state index contributed by atoms with van der Waals surface area (Å²) >= 11 is 0. The summed E-state index contributed by atoms with van der Waals surface area (Å²) < 4.78 is 32.7. The zero-order valence-corrected chi connectivity index (χ0v) is 13.8. The second-order valence-corrected chi connectivity index (χ2v) is 6.24. The van der Waals surface area contributed by atoms with E-state index >= 15 is 0 Å². The first kappa shape index (κ1) is 18.0. The van der Waals surface area contributed by atoms with Crippen molar-refractivity contribution in [2.75, 3.05) is 6.61 Å². The molecule has 120 valence electrons. The van der Waals surface area contributed by atoms with Crippen LogP contribution in [0.2, 0.25) is 0 Å². The van der Waals surface area contributed by atoms with Gasteiger partial charge in [0.05, 0.1) is 6.61 Å². The Hall–Kier alpha value is -1.07. The van der Waals surface area contributed by atoms with Gasteiger partial charge in [-0.05, 0) is 31.4 Å². The quantitative estimate of drug-likeness (QED) is 0.573. The highest BCUT2D eigenvalue weighted by Gasteiger charge is 2.14. The fourth-order valence-corrected chi connectivity index (χ4v) is 2.89. The van der Waals surface area contributed by atoms with Crippen molar-refractivity contribution in [3.8, 4) is 5.75 Å². The van der Waals surface area contributed by atoms with E-state index < -0.39 is 10.4 Å². The third kappa shape index (κ3) is 7.48. The van der Waals surface area contributed by atoms with E-state index in [2.05, 4.69) is 11.1 Å². The van der Waals surface area contributed by atoms with E-state index in [9.17, 15) is 8.42 Å². The third-order valence-electron chi connectivity index (χ3n) is 3.23. The molecule has 0 fully saturated rings. The van der Waals surface area contributed by atoms with Crippen LogP contribution in [0.25, 0.3) is 0 Å². The maximum absolute atomic E-state index is 11.6. The van der Waals surface area contributed by atoms with Gasteiger partial charge in [0.15, 0.2) is 0 Å². The van der Waals surface area contributed by atoms with E-state index in [1.165, 1.54) is 25.7 Å². The SMILES string of the molecule is CCCCCCCCc1ccccc1OS(=O)(=O)OCC. The predicted molar refractivity (Wildman–Crippen MR) is 84.7 cm³/mol. The Morgan fingerprint density at radius 1 is 0.952 bits per heavy atom. The summed E-state index contributed by atoms with van der Waals surface area (Å²) in [5, 5.41) is 0. The van der Waals surface area contributed by atoms with Crippen molar-refractivity contribution in [3.63, 3.8) is 0 Å². The lowest BCUT2D eigenvalue weighted by atomic mass is 10.0. The molecule has 0 saturated heterocycles. The summed E-state index contributed by atoms with van der Waals surface area (Å²) in [6, 6.07) is 7.24. The van der Waals surface area contributed by atoms with Crippen LogP contribution in [0.4, 0.5) is 0 Å². The lowest BCUT2D eigenvalue weighted by molar-refractivity contribution is 0.287. The Balaban J connectivity index is 2.51. The van der Waals surface area contributed by atoms with Crippen molar-refractivity contribution in [2.45, 2.75) is 58.8 Å². The van der Waals surface area contributed by atoms with Crippen molar-refractivity contribution in [3.05, 3.63) is 29.8 Å². The largest absolute Gasteiger partial charge is 0.449 e. The summed E-state index contributed by atoms with van der Waals surface area (Å²) in [5.41, 5.74) is 0.913. The smallest absolute Gasteiger partial charge is 0.361 e. The number of para-hydroxylation sites is 1. The van der Waals surface area contributed by atoms with E-state index in [4.69, 9.17) is 4.18 Å². The average Bonchev–Trinajstić information content (AvgIpc) is 2.44. The molecule has 4 nitrogen and oxygen atoms in total. The van der Waals surface area contributed by atoms with Crippen LogP contribution in [0.5, 0.6) is 5.75 Å². The molecule has 0 bridgehead atoms. The van der Waals surface area contributed by atoms with Crippen molar-refractivity contribution >= 4 is 10.4 Å². The lowest BCUT2D eigenvalue weighted by Gasteiger charge is -2.10. The Morgan fingerprint density at radius 3 is 2.33 bits per heavy atom. The Labute approximate surface area is 128 Å². The molecule has 0 unspecified atom stereocenters. The molecule has 0 radical (unpaired) electrons. The second-order valence-electron chi connectivity index (χ2n) is 5.02. The number of hydrogen-bond acceptors (Lipinski definition) is 4. The van der Waals surface area contributed by atoms with E-state index in [-0.39, 0.29) is 6.61 Å². The molecular weight excluding hydrogens is 288 g/mol. The summed E-state index contributed by atoms with van der Waals surface area (Å²) in [6.07, 6.45) is 8.05. The lowest BCUT2D eigenvalue weighted by Crippen LogP contribution is -2.14. The summed E-state index contributed by atoms with van der Waals surface area (Å²) in [7, 11) is -3.95. The molecule has 0 heterocycles. The average molecular weight is 314 g/mol. The first-order valence-corrected chi connectivity index (χ1v) is 9.09. The van der Waals surface area contributed by atoms with Gasteiger partial charge >= 0.3 is 10.4 Å². The third-order valence-corrected chi connectivity index (χ3v) is 4.13. The molecule has 0 N–H and O–H groups in total. The summed E-state index contributed by atoms with van der Waals surface area (Å²) in [6.45, 7) is 3.89. The van der Waals surface area contributed by atoms with Gasteiger partial charge in [-0.15, -0.1) is 0 Å². The fraction of sp³-hybridized carbons (Fsp3) is 0.625. The number of hydrogen-bond donors (Lipinski definition) is 0. The van der Waals surface area contributed by atoms with Gasteiger partial charge in [0.25, 0.3) is 0 Å². The summed E-state index contributed by atoms with van der Waals surface area (Å²) in [4.78, 5) is 0. The van der Waals surface area contributed by atoms with Crippen molar-refractivity contribution in [1.82, 2.24) is 0 Å². The molecule has 0 aliphatic heterocycles. The highest BCUT2D eigenvalue weighted by atomic mass is 32.3. The zero-order chi connectivity index (χ0) is 15.6. The zero-order valence-electron chi connectivity index (χ0n) is 13.0. The van der Waals surface area contributed by atoms with Gasteiger partial charge in [-0.2, -0.15) is 8.42 Å². The van der Waals surface area contributed by atoms with Crippen LogP contribution in [0.1, 0.15) is 57.9 Å². The standard InChI is InChI=1S/C16H26O4S/c1-3-5-6-7-8-9-12-15-13-10-11-14-16(15)20-21(17,18)19-4-2/h10-11,13-14H,3-9,12H2,1-2H3. The molecule has 0 amide bonds. The van der Waals surface area contributed by atoms with Crippen LogP contribution in [-0.2, 0) is 21.0 Å². The number of benzene rings is 1. The van der Waals surface area contributed by atoms with Gasteiger partial charge in [-0.1, -0.05) is 57.2 Å². The number of aryl methyl sites for hydroxylation is 1. The highest BCUT2D eigenvalue weighted by molar-refractivity contribution is 7.82. The van der Waals surface area contributed by atoms with E-state index in [0.29, 0.717) is 5.75 Å². The minimum absolute atomic E-state index is 0.0714. The van der Waals surface area contributed by atoms with Crippen LogP contribution in [0, 0.1) is 0 Å². The molecule has 1 aromatic rings. The Morgan fingerprint density at radius 2 is 1.62 bits per heavy atom. The molecule has 21 heavy (non-hydrogen) atoms. The van der Waals surface area contributed by atoms with Crippen LogP contribution in [0.15, 0.2) is 24.3 Å². The van der Waals surface area contributed by atoms with Crippen molar-refractivity contribution in [2.24, 2.45) is 0 Å². The van der Waals surface area contributed by atoms with Crippen molar-refractivity contribution < 1.29 is 16.8 Å². The first-order chi connectivity index (χ1) is 10.1. The van der Waals surface area contributed by atoms with Crippen LogP contribution < -0.4 is 4.18 Å². The van der Waals surface area contributed by atoms with Gasteiger partial charge in [0.2, 0.25) is 0 Å². The van der Waals surface area contributed by atoms with Gasteiger partial charge < -0.3 is 4.18 Å². The maximum atomic E-state index is 11.6. The van der Waals surface area contributed by atoms with Crippen LogP contribution in [0.3, 0.4) is 0 Å². The van der Waals surface area contributed by atoms with Crippen molar-refractivity contribution in [1.29, 1.82) is 0 Å². The van der Waals surface area contributed by atoms with Gasteiger partial charge in [-0.25, -0.2) is 4.18 Å². The highest BCUT2D eigenvalue weighted by Crippen LogP contribution is 2.22. The topological polar surface area (TPSA) is 52.6 Å². The molecule has 0 saturated carbocycles. The molecular formula is C16H26O4S. The van der Waals surface area contributed by atoms with E-state index in [1.54, 1.807) is 19.1 Å². The molecule has 0 aliphatic carbocycles. The minimum atomic E-state index is -3.95. The van der Waals surface area contributed by atoms with Crippen LogP contribution in [-0.4, -0.2) is 15.0 Å². The number of rotatable bonds is 11. The Bertz CT molecular complexity index is 497. The molecule has 1 rings (SSSR count). The van der Waals surface area contributed by atoms with Gasteiger partial charge in [-0.3, -0.25) is 0 Å². The second kappa shape index (κ2) is 9.79. The summed E-state index contributed by atoms with van der Waals surface area (Å²) in [5.74, 6) is 0.375. The molecule has 0 aromatic heterocycles. The molecule has 0 aliphatic rings. The van der Waals surface area contributed by atoms with Gasteiger partial charge in [0, 0.05) is 0 Å². The normalized spacial score (nSPS) is 11.5. The van der Waals surface area contributed by atoms with E-state index in [0.717, 1.165) is 24.8 Å². The molecule has 5 heteroatoms. The minimum Gasteiger partial charge on any atom is -0.361 e. The first-order valence-electron chi connectivity index (χ1n) is 7.75.